The molecule has 0 amide bonds. The van der Waals surface area contributed by atoms with Crippen LogP contribution in [0, 0.1) is 0 Å². The number of hydrogen-bond donors (Lipinski definition) is 2. The number of Topliss-reactive ketones (excluding diaryl/α,β-unsaturated/α-hetero) is 1. The summed E-state index contributed by atoms with van der Waals surface area (Å²) in [5, 5.41) is 17.5. The van der Waals surface area contributed by atoms with Crippen LogP contribution in [-0.4, -0.2) is 22.1 Å². The lowest BCUT2D eigenvalue weighted by atomic mass is 9.98. The van der Waals surface area contributed by atoms with Gasteiger partial charge in [-0.1, -0.05) is 43.9 Å². The van der Waals surface area contributed by atoms with Gasteiger partial charge in [-0.15, -0.1) is 0 Å². The van der Waals surface area contributed by atoms with Crippen molar-refractivity contribution in [3.63, 3.8) is 0 Å². The number of hydrogen-bond acceptors (Lipinski definition) is 3. The van der Waals surface area contributed by atoms with Crippen LogP contribution >= 0.6 is 0 Å². The number of carbonyl (C=O) groups excluding carboxylic acids is 1. The Labute approximate surface area is 129 Å². The highest BCUT2D eigenvalue weighted by Gasteiger charge is 2.07. The molecule has 2 aliphatic rings. The SMILES string of the molecule is O=C1CCCCC1.OC1CCCCC1.Oc1ccccc1.[HH]. The molecular formula is C18H30O3. The molecule has 0 bridgehead atoms. The van der Waals surface area contributed by atoms with Crippen LogP contribution in [-0.2, 0) is 4.79 Å². The first-order chi connectivity index (χ1) is 10.2. The third kappa shape index (κ3) is 10.1. The molecule has 2 fully saturated rings. The Morgan fingerprint density at radius 3 is 1.67 bits per heavy atom. The van der Waals surface area contributed by atoms with Gasteiger partial charge in [-0.3, -0.25) is 4.79 Å². The highest BCUT2D eigenvalue weighted by Crippen LogP contribution is 2.16. The van der Waals surface area contributed by atoms with Crippen molar-refractivity contribution in [2.24, 2.45) is 0 Å². The van der Waals surface area contributed by atoms with Crippen molar-refractivity contribution >= 4 is 5.78 Å². The number of phenols is 1. The lowest BCUT2D eigenvalue weighted by molar-refractivity contribution is -0.120. The average Bonchev–Trinajstić information content (AvgIpc) is 2.51. The van der Waals surface area contributed by atoms with Gasteiger partial charge in [0.1, 0.15) is 11.5 Å². The van der Waals surface area contributed by atoms with Crippen molar-refractivity contribution in [2.45, 2.75) is 70.3 Å². The number of benzene rings is 1. The summed E-state index contributed by atoms with van der Waals surface area (Å²) in [7, 11) is 0. The minimum atomic E-state index is 0. The molecule has 0 saturated heterocycles. The summed E-state index contributed by atoms with van der Waals surface area (Å²) in [6.07, 6.45) is 11.2. The van der Waals surface area contributed by atoms with E-state index in [1.54, 1.807) is 24.3 Å². The van der Waals surface area contributed by atoms with Gasteiger partial charge in [0.25, 0.3) is 0 Å². The predicted molar refractivity (Wildman–Crippen MR) is 87.4 cm³/mol. The van der Waals surface area contributed by atoms with Crippen LogP contribution in [0.2, 0.25) is 0 Å². The van der Waals surface area contributed by atoms with Crippen LogP contribution in [0.15, 0.2) is 30.3 Å². The van der Waals surface area contributed by atoms with E-state index in [4.69, 9.17) is 10.2 Å². The Kier molecular flexibility index (Phi) is 9.55. The number of phenolic OH excluding ortho intramolecular Hbond substituents is 1. The van der Waals surface area contributed by atoms with Crippen LogP contribution in [0.5, 0.6) is 5.75 Å². The van der Waals surface area contributed by atoms with Crippen molar-refractivity contribution in [2.75, 3.05) is 0 Å². The normalized spacial score (nSPS) is 18.8. The predicted octanol–water partition coefficient (Wildman–Crippen LogP) is 4.47. The Morgan fingerprint density at radius 2 is 1.38 bits per heavy atom. The van der Waals surface area contributed by atoms with Gasteiger partial charge in [0.2, 0.25) is 0 Å². The molecule has 0 unspecified atom stereocenters. The van der Waals surface area contributed by atoms with Crippen molar-refractivity contribution < 1.29 is 16.4 Å². The number of aliphatic hydroxyl groups excluding tert-OH is 1. The Bertz CT molecular complexity index is 367. The van der Waals surface area contributed by atoms with Gasteiger partial charge in [-0.05, 0) is 37.8 Å². The Balaban J connectivity index is 0.000000294. The average molecular weight is 294 g/mol. The lowest BCUT2D eigenvalue weighted by Gasteiger charge is -2.14. The zero-order chi connectivity index (χ0) is 15.3. The summed E-state index contributed by atoms with van der Waals surface area (Å²) < 4.78 is 0. The molecule has 0 aliphatic heterocycles. The van der Waals surface area contributed by atoms with E-state index < -0.39 is 0 Å². The topological polar surface area (TPSA) is 57.5 Å². The molecule has 0 atom stereocenters. The number of ketones is 1. The molecule has 0 spiro atoms. The summed E-state index contributed by atoms with van der Waals surface area (Å²) in [6.45, 7) is 0. The molecule has 120 valence electrons. The maximum absolute atomic E-state index is 10.5. The standard InChI is InChI=1S/C6H12O.C6H10O.C6H6O.H2/c3*7-6-4-2-1-3-5-6;/h6-7H,1-5H2;1-5H2;1-5,7H;1H. The summed E-state index contributed by atoms with van der Waals surface area (Å²) >= 11 is 0. The van der Waals surface area contributed by atoms with Crippen LogP contribution < -0.4 is 0 Å². The first-order valence-electron chi connectivity index (χ1n) is 8.12. The largest absolute Gasteiger partial charge is 0.508 e. The maximum Gasteiger partial charge on any atom is 0.132 e. The fourth-order valence-electron chi connectivity index (χ4n) is 2.46. The van der Waals surface area contributed by atoms with E-state index in [1.807, 2.05) is 6.07 Å². The molecule has 3 heteroatoms. The van der Waals surface area contributed by atoms with E-state index in [0.717, 1.165) is 38.5 Å². The van der Waals surface area contributed by atoms with Gasteiger partial charge in [0, 0.05) is 14.3 Å². The van der Waals surface area contributed by atoms with Gasteiger partial charge in [0.15, 0.2) is 0 Å². The van der Waals surface area contributed by atoms with E-state index in [0.29, 0.717) is 11.5 Å². The summed E-state index contributed by atoms with van der Waals surface area (Å²) in [6, 6.07) is 8.71. The zero-order valence-electron chi connectivity index (χ0n) is 12.8. The fraction of sp³-hybridized carbons (Fsp3) is 0.611. The van der Waals surface area contributed by atoms with Gasteiger partial charge < -0.3 is 10.2 Å². The number of rotatable bonds is 0. The highest BCUT2D eigenvalue weighted by molar-refractivity contribution is 5.78. The number of aliphatic hydroxyl groups is 1. The van der Waals surface area contributed by atoms with Crippen LogP contribution in [0.25, 0.3) is 0 Å². The first-order valence-corrected chi connectivity index (χ1v) is 8.12. The molecule has 2 saturated carbocycles. The number of aromatic hydroxyl groups is 1. The zero-order valence-corrected chi connectivity index (χ0v) is 12.8. The van der Waals surface area contributed by atoms with Crippen LogP contribution in [0.3, 0.4) is 0 Å². The second kappa shape index (κ2) is 11.3. The number of carbonyl (C=O) groups is 1. The molecule has 1 aromatic rings. The third-order valence-electron chi connectivity index (χ3n) is 3.74. The Morgan fingerprint density at radius 1 is 0.857 bits per heavy atom. The molecule has 0 radical (unpaired) electrons. The first kappa shape index (κ1) is 17.7. The van der Waals surface area contributed by atoms with E-state index >= 15 is 0 Å². The lowest BCUT2D eigenvalue weighted by Crippen LogP contribution is -2.09. The van der Waals surface area contributed by atoms with Gasteiger partial charge in [0.05, 0.1) is 6.10 Å². The summed E-state index contributed by atoms with van der Waals surface area (Å²) in [5.41, 5.74) is 0. The minimum absolute atomic E-state index is 0. The van der Waals surface area contributed by atoms with Crippen molar-refractivity contribution in [1.82, 2.24) is 0 Å². The molecule has 3 rings (SSSR count). The second-order valence-electron chi connectivity index (χ2n) is 5.73. The van der Waals surface area contributed by atoms with Crippen LogP contribution in [0.4, 0.5) is 0 Å². The van der Waals surface area contributed by atoms with Gasteiger partial charge in [-0.2, -0.15) is 0 Å². The Hall–Kier alpha value is -1.35. The molecule has 1 aromatic carbocycles. The fourth-order valence-corrected chi connectivity index (χ4v) is 2.46. The quantitative estimate of drug-likeness (QED) is 0.742. The second-order valence-corrected chi connectivity index (χ2v) is 5.73. The molecule has 21 heavy (non-hydrogen) atoms. The molecule has 2 N–H and O–H groups in total. The van der Waals surface area contributed by atoms with Crippen LogP contribution in [0.1, 0.15) is 65.6 Å². The molecule has 3 nitrogen and oxygen atoms in total. The molecular weight excluding hydrogens is 264 g/mol. The van der Waals surface area contributed by atoms with Gasteiger partial charge in [-0.25, -0.2) is 0 Å². The molecule has 0 aromatic heterocycles. The smallest absolute Gasteiger partial charge is 0.132 e. The highest BCUT2D eigenvalue weighted by atomic mass is 16.3. The van der Waals surface area contributed by atoms with E-state index in [9.17, 15) is 4.79 Å². The minimum Gasteiger partial charge on any atom is -0.508 e. The molecule has 2 aliphatic carbocycles. The van der Waals surface area contributed by atoms with Crippen molar-refractivity contribution in [1.29, 1.82) is 0 Å². The third-order valence-corrected chi connectivity index (χ3v) is 3.74. The summed E-state index contributed by atoms with van der Waals surface area (Å²) in [4.78, 5) is 10.5. The maximum atomic E-state index is 10.5. The van der Waals surface area contributed by atoms with Crippen molar-refractivity contribution in [3.05, 3.63) is 30.3 Å². The van der Waals surface area contributed by atoms with Crippen molar-refractivity contribution in [3.8, 4) is 5.75 Å². The number of para-hydroxylation sites is 1. The van der Waals surface area contributed by atoms with E-state index in [2.05, 4.69) is 0 Å². The monoisotopic (exact) mass is 294 g/mol. The molecule has 0 heterocycles. The summed E-state index contributed by atoms with van der Waals surface area (Å²) in [5.74, 6) is 0.786. The van der Waals surface area contributed by atoms with E-state index in [1.165, 1.54) is 25.7 Å². The van der Waals surface area contributed by atoms with E-state index in [-0.39, 0.29) is 7.53 Å². The van der Waals surface area contributed by atoms with Gasteiger partial charge >= 0.3 is 0 Å².